The highest BCUT2D eigenvalue weighted by atomic mass is 35.5. The Kier molecular flexibility index (Phi) is 4.68. The van der Waals surface area contributed by atoms with E-state index in [1.807, 2.05) is 26.0 Å². The summed E-state index contributed by atoms with van der Waals surface area (Å²) in [6.45, 7) is 4.78. The molecule has 0 aliphatic rings. The second kappa shape index (κ2) is 6.29. The molecule has 0 aliphatic carbocycles. The van der Waals surface area contributed by atoms with E-state index in [1.165, 1.54) is 0 Å². The third-order valence-electron chi connectivity index (χ3n) is 2.88. The molecule has 1 heterocycles. The van der Waals surface area contributed by atoms with E-state index in [0.29, 0.717) is 27.1 Å². The van der Waals surface area contributed by atoms with Crippen LogP contribution in [-0.4, -0.2) is 16.5 Å². The van der Waals surface area contributed by atoms with Crippen LogP contribution >= 0.6 is 23.2 Å². The van der Waals surface area contributed by atoms with Gasteiger partial charge in [0.05, 0.1) is 15.7 Å². The molecule has 4 nitrogen and oxygen atoms in total. The second-order valence-electron chi connectivity index (χ2n) is 4.24. The molecule has 0 spiro atoms. The number of benzene rings is 1. The maximum Gasteiger partial charge on any atom is 0.152 e. The number of rotatable bonds is 4. The summed E-state index contributed by atoms with van der Waals surface area (Å²) in [6, 6.07) is 5.38. The highest BCUT2D eigenvalue weighted by Gasteiger charge is 2.15. The highest BCUT2D eigenvalue weighted by Crippen LogP contribution is 2.35. The number of nitrogens with one attached hydrogen (secondary N) is 1. The first-order valence-electron chi connectivity index (χ1n) is 6.43. The fourth-order valence-electron chi connectivity index (χ4n) is 1.92. The molecule has 0 amide bonds. The average molecular weight is 311 g/mol. The van der Waals surface area contributed by atoms with Gasteiger partial charge in [-0.05, 0) is 19.4 Å². The van der Waals surface area contributed by atoms with E-state index in [4.69, 9.17) is 28.9 Å². The minimum Gasteiger partial charge on any atom is -0.382 e. The van der Waals surface area contributed by atoms with Crippen LogP contribution in [0.15, 0.2) is 18.2 Å². The van der Waals surface area contributed by atoms with Crippen molar-refractivity contribution in [2.45, 2.75) is 20.3 Å². The minimum atomic E-state index is 0.335. The number of nitrogen functional groups attached to an aromatic ring is 1. The molecular formula is C14H16Cl2N4. The average Bonchev–Trinajstić information content (AvgIpc) is 2.43. The highest BCUT2D eigenvalue weighted by molar-refractivity contribution is 6.43. The number of halogens is 2. The molecule has 0 fully saturated rings. The van der Waals surface area contributed by atoms with Gasteiger partial charge < -0.3 is 11.1 Å². The van der Waals surface area contributed by atoms with Crippen molar-refractivity contribution in [3.8, 4) is 11.3 Å². The van der Waals surface area contributed by atoms with Crippen LogP contribution in [0.5, 0.6) is 0 Å². The quantitative estimate of drug-likeness (QED) is 0.895. The molecule has 2 rings (SSSR count). The molecule has 0 unspecified atom stereocenters. The van der Waals surface area contributed by atoms with Crippen molar-refractivity contribution >= 4 is 34.8 Å². The molecule has 20 heavy (non-hydrogen) atoms. The van der Waals surface area contributed by atoms with E-state index >= 15 is 0 Å². The molecule has 1 aromatic heterocycles. The van der Waals surface area contributed by atoms with E-state index in [-0.39, 0.29) is 0 Å². The number of anilines is 2. The molecule has 2 aromatic rings. The third kappa shape index (κ3) is 2.81. The lowest BCUT2D eigenvalue weighted by Gasteiger charge is -2.13. The van der Waals surface area contributed by atoms with Crippen molar-refractivity contribution in [2.75, 3.05) is 17.6 Å². The Balaban J connectivity index is 2.60. The largest absolute Gasteiger partial charge is 0.382 e. The lowest BCUT2D eigenvalue weighted by atomic mass is 10.1. The van der Waals surface area contributed by atoms with Gasteiger partial charge in [0.25, 0.3) is 0 Å². The lowest BCUT2D eigenvalue weighted by Crippen LogP contribution is -2.09. The van der Waals surface area contributed by atoms with Gasteiger partial charge in [0.2, 0.25) is 0 Å². The zero-order valence-electron chi connectivity index (χ0n) is 11.4. The zero-order valence-corrected chi connectivity index (χ0v) is 12.9. The van der Waals surface area contributed by atoms with Crippen LogP contribution in [0.3, 0.4) is 0 Å². The van der Waals surface area contributed by atoms with Crippen molar-refractivity contribution in [3.63, 3.8) is 0 Å². The van der Waals surface area contributed by atoms with E-state index in [1.54, 1.807) is 6.07 Å². The predicted molar refractivity (Wildman–Crippen MR) is 85.4 cm³/mol. The van der Waals surface area contributed by atoms with Crippen LogP contribution in [0.2, 0.25) is 10.0 Å². The monoisotopic (exact) mass is 310 g/mol. The molecule has 3 N–H and O–H groups in total. The zero-order chi connectivity index (χ0) is 14.7. The smallest absolute Gasteiger partial charge is 0.152 e. The van der Waals surface area contributed by atoms with Crippen LogP contribution in [0, 0.1) is 0 Å². The molecule has 106 valence electrons. The molecule has 0 bridgehead atoms. The van der Waals surface area contributed by atoms with Crippen LogP contribution in [0.4, 0.5) is 11.6 Å². The molecule has 0 saturated heterocycles. The summed E-state index contributed by atoms with van der Waals surface area (Å²) >= 11 is 12.3. The number of aryl methyl sites for hydroxylation is 1. The Morgan fingerprint density at radius 1 is 1.20 bits per heavy atom. The van der Waals surface area contributed by atoms with E-state index in [2.05, 4.69) is 15.3 Å². The lowest BCUT2D eigenvalue weighted by molar-refractivity contribution is 0.995. The summed E-state index contributed by atoms with van der Waals surface area (Å²) in [6.07, 6.45) is 0.751. The normalized spacial score (nSPS) is 10.6. The predicted octanol–water partition coefficient (Wildman–Crippen LogP) is 4.03. The van der Waals surface area contributed by atoms with E-state index < -0.39 is 0 Å². The molecule has 0 saturated carbocycles. The number of hydrogen-bond donors (Lipinski definition) is 2. The second-order valence-corrected chi connectivity index (χ2v) is 5.02. The maximum absolute atomic E-state index is 6.23. The van der Waals surface area contributed by atoms with Crippen molar-refractivity contribution in [2.24, 2.45) is 0 Å². The van der Waals surface area contributed by atoms with Gasteiger partial charge in [0.15, 0.2) is 5.82 Å². The van der Waals surface area contributed by atoms with Gasteiger partial charge in [0, 0.05) is 12.1 Å². The Hall–Kier alpha value is -1.52. The number of hydrogen-bond acceptors (Lipinski definition) is 4. The van der Waals surface area contributed by atoms with Crippen LogP contribution in [0.1, 0.15) is 19.5 Å². The molecule has 0 atom stereocenters. The Bertz CT molecular complexity index is 629. The summed E-state index contributed by atoms with van der Waals surface area (Å²) in [5, 5.41) is 4.07. The summed E-state index contributed by atoms with van der Waals surface area (Å²) in [5.74, 6) is 1.05. The van der Waals surface area contributed by atoms with Gasteiger partial charge in [-0.1, -0.05) is 42.3 Å². The number of aromatic nitrogens is 2. The Labute approximate surface area is 128 Å². The van der Waals surface area contributed by atoms with Gasteiger partial charge in [-0.25, -0.2) is 9.97 Å². The van der Waals surface area contributed by atoms with Crippen LogP contribution in [-0.2, 0) is 6.42 Å². The van der Waals surface area contributed by atoms with Crippen LogP contribution in [0.25, 0.3) is 11.3 Å². The van der Waals surface area contributed by atoms with Crippen molar-refractivity contribution in [1.82, 2.24) is 9.97 Å². The van der Waals surface area contributed by atoms with E-state index in [0.717, 1.165) is 24.5 Å². The fraction of sp³-hybridized carbons (Fsp3) is 0.286. The van der Waals surface area contributed by atoms with Gasteiger partial charge in [0.1, 0.15) is 11.5 Å². The first kappa shape index (κ1) is 14.9. The summed E-state index contributed by atoms with van der Waals surface area (Å²) < 4.78 is 0. The summed E-state index contributed by atoms with van der Waals surface area (Å²) in [7, 11) is 0. The summed E-state index contributed by atoms with van der Waals surface area (Å²) in [5.41, 5.74) is 8.13. The van der Waals surface area contributed by atoms with Gasteiger partial charge in [-0.3, -0.25) is 0 Å². The Morgan fingerprint density at radius 2 is 1.95 bits per heavy atom. The Morgan fingerprint density at radius 3 is 2.60 bits per heavy atom. The summed E-state index contributed by atoms with van der Waals surface area (Å²) in [4.78, 5) is 8.97. The van der Waals surface area contributed by atoms with Crippen LogP contribution < -0.4 is 11.1 Å². The van der Waals surface area contributed by atoms with Crippen molar-refractivity contribution < 1.29 is 0 Å². The molecule has 1 aromatic carbocycles. The van der Waals surface area contributed by atoms with Gasteiger partial charge in [-0.15, -0.1) is 0 Å². The van der Waals surface area contributed by atoms with Crippen molar-refractivity contribution in [1.29, 1.82) is 0 Å². The standard InChI is InChI=1S/C14H16Cl2N4/c1-3-10-14(18-4-2)20-13(17)12(19-10)8-6-5-7-9(15)11(8)16/h5-7H,3-4H2,1-2H3,(H3,17,18,20). The first-order chi connectivity index (χ1) is 9.58. The number of nitrogens with two attached hydrogens (primary N) is 1. The first-order valence-corrected chi connectivity index (χ1v) is 7.18. The van der Waals surface area contributed by atoms with Gasteiger partial charge in [-0.2, -0.15) is 0 Å². The number of nitrogens with zero attached hydrogens (tertiary/aromatic N) is 2. The van der Waals surface area contributed by atoms with Gasteiger partial charge >= 0.3 is 0 Å². The fourth-order valence-corrected chi connectivity index (χ4v) is 2.31. The topological polar surface area (TPSA) is 63.8 Å². The molecule has 0 radical (unpaired) electrons. The molecular weight excluding hydrogens is 295 g/mol. The van der Waals surface area contributed by atoms with E-state index in [9.17, 15) is 0 Å². The van der Waals surface area contributed by atoms with Crippen molar-refractivity contribution in [3.05, 3.63) is 33.9 Å². The maximum atomic E-state index is 6.23. The SMILES string of the molecule is CCNc1nc(N)c(-c2cccc(Cl)c2Cl)nc1CC. The molecule has 0 aliphatic heterocycles. The minimum absolute atomic E-state index is 0.335. The molecule has 6 heteroatoms. The third-order valence-corrected chi connectivity index (χ3v) is 3.70.